The highest BCUT2D eigenvalue weighted by Gasteiger charge is 2.45. The van der Waals surface area contributed by atoms with Crippen LogP contribution in [0.5, 0.6) is 0 Å². The molecule has 0 spiro atoms. The van der Waals surface area contributed by atoms with Crippen molar-refractivity contribution in [1.29, 1.82) is 0 Å². The number of aromatic nitrogens is 4. The monoisotopic (exact) mass is 608 g/mol. The van der Waals surface area contributed by atoms with Gasteiger partial charge in [0.2, 0.25) is 0 Å². The molecule has 3 aromatic heterocycles. The molecule has 1 unspecified atom stereocenters. The first-order valence-electron chi connectivity index (χ1n) is 15.2. The number of H-pyrrole nitrogens is 2. The van der Waals surface area contributed by atoms with Gasteiger partial charge in [0, 0.05) is 57.6 Å². The van der Waals surface area contributed by atoms with Crippen LogP contribution in [0.25, 0.3) is 27.6 Å². The number of Topliss-reactive ketones (excluding diaryl/α,β-unsaturated/α-hetero) is 2. The van der Waals surface area contributed by atoms with E-state index in [1.165, 1.54) is 14.0 Å². The van der Waals surface area contributed by atoms with Crippen LogP contribution in [0.1, 0.15) is 124 Å². The first-order chi connectivity index (χ1) is 21.4. The Kier molecular flexibility index (Phi) is 7.34. The molecular formula is C35H36N4O6. The number of ketones is 2. The third-order valence-corrected chi connectivity index (χ3v) is 9.71. The molecule has 3 aromatic rings. The van der Waals surface area contributed by atoms with E-state index in [1.54, 1.807) is 0 Å². The standard InChI is InChI=1S/C35H36N4O6/c1-8-19-14(2)21-13-26-28(18(6)40)16(4)23(37-26)11-22-15(3)20(9-10-27(41)42)32(38-22)30-31(35(44)45-7)34(43)29-17(5)24(39-33(29)30)12-25(19)36-21/h8,11-15,20,31,37,39H,9-10H2,1-7H3,(H,41,42)/b19-8-,21-13?,22-11?,23-11?,24-12?,25-12?,26-13?,32-30?/t14?,15-,20-,31+/m0/s1. The molecule has 6 rings (SSSR count). The molecule has 4 atom stereocenters. The van der Waals surface area contributed by atoms with E-state index in [4.69, 9.17) is 14.7 Å². The summed E-state index contributed by atoms with van der Waals surface area (Å²) in [5.74, 6) is -4.02. The SMILES string of the molecule is C/C=C1\c2cc3[nH]c4c(c3C)C(=O)[C@H](C(=O)OC)c4c3nc(cc4[nH]c(cc(n2)C1C)c(C(C)=O)c4C)[C@@H](C)[C@@H]3CCC(=O)O. The number of nitrogens with one attached hydrogen (secondary N) is 2. The van der Waals surface area contributed by atoms with Crippen LogP contribution in [0.2, 0.25) is 0 Å². The Morgan fingerprint density at radius 1 is 1.00 bits per heavy atom. The second-order valence-electron chi connectivity index (χ2n) is 12.2. The average molecular weight is 609 g/mol. The number of aliphatic carboxylic acids is 1. The summed E-state index contributed by atoms with van der Waals surface area (Å²) in [4.78, 5) is 68.7. The highest BCUT2D eigenvalue weighted by Crippen LogP contribution is 2.48. The minimum Gasteiger partial charge on any atom is -0.481 e. The number of nitrogens with zero attached hydrogens (tertiary/aromatic N) is 2. The molecule has 0 saturated carbocycles. The number of hydrogen-bond donors (Lipinski definition) is 3. The van der Waals surface area contributed by atoms with Crippen molar-refractivity contribution in [2.45, 2.75) is 78.1 Å². The first kappa shape index (κ1) is 30.2. The van der Waals surface area contributed by atoms with Crippen LogP contribution in [0, 0.1) is 13.8 Å². The molecular weight excluding hydrogens is 572 g/mol. The molecule has 45 heavy (non-hydrogen) atoms. The zero-order valence-corrected chi connectivity index (χ0v) is 26.4. The van der Waals surface area contributed by atoms with Crippen molar-refractivity contribution < 1.29 is 29.0 Å². The van der Waals surface area contributed by atoms with Gasteiger partial charge in [0.1, 0.15) is 5.92 Å². The van der Waals surface area contributed by atoms with E-state index in [-0.39, 0.29) is 42.2 Å². The molecule has 3 aliphatic rings. The van der Waals surface area contributed by atoms with Gasteiger partial charge in [-0.25, -0.2) is 0 Å². The summed E-state index contributed by atoms with van der Waals surface area (Å²) in [5, 5.41) is 9.60. The van der Waals surface area contributed by atoms with Gasteiger partial charge in [-0.05, 0) is 69.0 Å². The number of methoxy groups -OCH3 is 1. The zero-order chi connectivity index (χ0) is 32.5. The molecule has 10 heteroatoms. The molecule has 0 amide bonds. The highest BCUT2D eigenvalue weighted by molar-refractivity contribution is 6.23. The van der Waals surface area contributed by atoms with Crippen LogP contribution in [-0.2, 0) is 14.3 Å². The Labute approximate surface area is 260 Å². The van der Waals surface area contributed by atoms with E-state index in [9.17, 15) is 24.3 Å². The normalized spacial score (nSPS) is 21.4. The predicted octanol–water partition coefficient (Wildman–Crippen LogP) is 6.55. The Hall–Kier alpha value is -4.86. The van der Waals surface area contributed by atoms with Gasteiger partial charge >= 0.3 is 11.9 Å². The maximum absolute atomic E-state index is 14.0. The van der Waals surface area contributed by atoms with Gasteiger partial charge in [-0.2, -0.15) is 0 Å². The van der Waals surface area contributed by atoms with Crippen molar-refractivity contribution in [2.75, 3.05) is 7.11 Å². The second kappa shape index (κ2) is 10.9. The molecule has 2 aliphatic heterocycles. The Morgan fingerprint density at radius 3 is 2.33 bits per heavy atom. The van der Waals surface area contributed by atoms with Crippen molar-refractivity contribution in [3.05, 3.63) is 74.9 Å². The van der Waals surface area contributed by atoms with E-state index in [0.717, 1.165) is 22.5 Å². The van der Waals surface area contributed by atoms with E-state index < -0.39 is 17.9 Å². The maximum atomic E-state index is 14.0. The smallest absolute Gasteiger partial charge is 0.321 e. The third-order valence-electron chi connectivity index (χ3n) is 9.71. The number of carbonyl (C=O) groups excluding carboxylic acids is 3. The van der Waals surface area contributed by atoms with Gasteiger partial charge in [-0.15, -0.1) is 0 Å². The number of hydrogen-bond acceptors (Lipinski definition) is 7. The Bertz CT molecular complexity index is 2030. The van der Waals surface area contributed by atoms with Crippen molar-refractivity contribution in [2.24, 2.45) is 0 Å². The van der Waals surface area contributed by atoms with Crippen molar-refractivity contribution in [3.8, 4) is 0 Å². The number of carbonyl (C=O) groups is 4. The maximum Gasteiger partial charge on any atom is 0.321 e. The Balaban J connectivity index is 1.82. The molecule has 10 nitrogen and oxygen atoms in total. The second-order valence-corrected chi connectivity index (χ2v) is 12.2. The van der Waals surface area contributed by atoms with Gasteiger partial charge in [0.25, 0.3) is 0 Å². The molecule has 232 valence electrons. The van der Waals surface area contributed by atoms with Crippen LogP contribution in [0.3, 0.4) is 0 Å². The average Bonchev–Trinajstić information content (AvgIpc) is 3.72. The fourth-order valence-electron chi connectivity index (χ4n) is 7.29. The number of aryl methyl sites for hydroxylation is 2. The largest absolute Gasteiger partial charge is 0.481 e. The molecule has 1 aliphatic carbocycles. The zero-order valence-electron chi connectivity index (χ0n) is 26.4. The van der Waals surface area contributed by atoms with Crippen LogP contribution in [-0.4, -0.2) is 55.7 Å². The fraction of sp³-hybridized carbons (Fsp3) is 0.371. The molecule has 8 bridgehead atoms. The van der Waals surface area contributed by atoms with Crippen LogP contribution in [0.15, 0.2) is 24.3 Å². The van der Waals surface area contributed by atoms with E-state index in [1.807, 2.05) is 52.0 Å². The lowest BCUT2D eigenvalue weighted by Crippen LogP contribution is -2.21. The number of aromatic amines is 2. The minimum absolute atomic E-state index is 0.0479. The predicted molar refractivity (Wildman–Crippen MR) is 170 cm³/mol. The van der Waals surface area contributed by atoms with Crippen LogP contribution >= 0.6 is 0 Å². The number of ether oxygens (including phenoxy) is 1. The quantitative estimate of drug-likeness (QED) is 0.167. The van der Waals surface area contributed by atoms with E-state index in [2.05, 4.69) is 16.9 Å². The molecule has 0 saturated heterocycles. The molecule has 0 fully saturated rings. The molecule has 3 N–H and O–H groups in total. The summed E-state index contributed by atoms with van der Waals surface area (Å²) in [6, 6.07) is 5.72. The lowest BCUT2D eigenvalue weighted by Gasteiger charge is -2.18. The topological polar surface area (TPSA) is 155 Å². The molecule has 5 heterocycles. The van der Waals surface area contributed by atoms with Gasteiger partial charge in [-0.3, -0.25) is 29.1 Å². The number of fused-ring (bicyclic) bond motifs is 8. The Morgan fingerprint density at radius 2 is 1.69 bits per heavy atom. The highest BCUT2D eigenvalue weighted by atomic mass is 16.5. The summed E-state index contributed by atoms with van der Waals surface area (Å²) >= 11 is 0. The third kappa shape index (κ3) is 4.62. The minimum atomic E-state index is -1.23. The van der Waals surface area contributed by atoms with Crippen LogP contribution in [0.4, 0.5) is 0 Å². The number of esters is 1. The van der Waals surface area contributed by atoms with Gasteiger partial charge in [0.05, 0.1) is 35.2 Å². The number of rotatable bonds is 5. The number of carboxylic acids is 1. The summed E-state index contributed by atoms with van der Waals surface area (Å²) in [6.45, 7) is 11.2. The molecule has 0 radical (unpaired) electrons. The number of carboxylic acid groups (broad SMARTS) is 1. The lowest BCUT2D eigenvalue weighted by molar-refractivity contribution is -0.141. The first-order valence-corrected chi connectivity index (χ1v) is 15.2. The van der Waals surface area contributed by atoms with Gasteiger partial charge < -0.3 is 19.8 Å². The van der Waals surface area contributed by atoms with E-state index in [0.29, 0.717) is 55.7 Å². The van der Waals surface area contributed by atoms with Crippen molar-refractivity contribution in [1.82, 2.24) is 19.9 Å². The van der Waals surface area contributed by atoms with Crippen LogP contribution < -0.4 is 0 Å². The van der Waals surface area contributed by atoms with Crippen molar-refractivity contribution >= 4 is 51.1 Å². The van der Waals surface area contributed by atoms with Crippen molar-refractivity contribution in [3.63, 3.8) is 0 Å². The molecule has 0 aromatic carbocycles. The lowest BCUT2D eigenvalue weighted by atomic mass is 9.84. The van der Waals surface area contributed by atoms with E-state index >= 15 is 0 Å². The summed E-state index contributed by atoms with van der Waals surface area (Å²) < 4.78 is 5.12. The van der Waals surface area contributed by atoms with Gasteiger partial charge in [0.15, 0.2) is 11.6 Å². The summed E-state index contributed by atoms with van der Waals surface area (Å²) in [6.07, 6.45) is 2.16. The number of allylic oxidation sites excluding steroid dienone is 2. The summed E-state index contributed by atoms with van der Waals surface area (Å²) in [5.41, 5.74) is 9.04. The fourth-order valence-corrected chi connectivity index (χ4v) is 7.29. The van der Waals surface area contributed by atoms with Gasteiger partial charge in [-0.1, -0.05) is 19.9 Å². The summed E-state index contributed by atoms with van der Waals surface area (Å²) in [7, 11) is 1.25.